The highest BCUT2D eigenvalue weighted by Crippen LogP contribution is 2.30. The topological polar surface area (TPSA) is 65.2 Å². The summed E-state index contributed by atoms with van der Waals surface area (Å²) >= 11 is 3.32. The molecule has 86 valence electrons. The van der Waals surface area contributed by atoms with E-state index in [0.29, 0.717) is 0 Å². The maximum Gasteiger partial charge on any atom is 0.203 e. The standard InChI is InChI=1S/C12H10BrN3O/c13-9-3-5-10(6-4-9)15-16-11(7-14)12(17)8-1-2-8/h3-6,8,15H,1-2H2/b16-11-. The third-order valence-electron chi connectivity index (χ3n) is 2.43. The van der Waals surface area contributed by atoms with Crippen LogP contribution in [0.15, 0.2) is 33.8 Å². The second-order valence-corrected chi connectivity index (χ2v) is 4.75. The quantitative estimate of drug-likeness (QED) is 0.685. The molecule has 0 amide bonds. The number of carbonyl (C=O) groups excluding carboxylic acids is 1. The molecule has 17 heavy (non-hydrogen) atoms. The minimum Gasteiger partial charge on any atom is -0.291 e. The van der Waals surface area contributed by atoms with Crippen LogP contribution in [-0.2, 0) is 4.79 Å². The first-order chi connectivity index (χ1) is 8.20. The molecule has 0 radical (unpaired) electrons. The van der Waals surface area contributed by atoms with E-state index in [1.807, 2.05) is 30.3 Å². The number of benzene rings is 1. The Kier molecular flexibility index (Phi) is 3.55. The molecule has 0 aliphatic heterocycles. The summed E-state index contributed by atoms with van der Waals surface area (Å²) in [5, 5.41) is 12.7. The lowest BCUT2D eigenvalue weighted by Gasteiger charge is -2.00. The van der Waals surface area contributed by atoms with Crippen molar-refractivity contribution in [1.29, 1.82) is 5.26 Å². The van der Waals surface area contributed by atoms with Crippen molar-refractivity contribution in [1.82, 2.24) is 0 Å². The summed E-state index contributed by atoms with van der Waals surface area (Å²) in [5.41, 5.74) is 3.40. The molecule has 4 nitrogen and oxygen atoms in total. The van der Waals surface area contributed by atoms with Crippen LogP contribution < -0.4 is 5.43 Å². The lowest BCUT2D eigenvalue weighted by molar-refractivity contribution is -0.113. The van der Waals surface area contributed by atoms with Crippen LogP contribution in [0.2, 0.25) is 0 Å². The Morgan fingerprint density at radius 3 is 2.59 bits per heavy atom. The minimum atomic E-state index is -0.155. The maximum absolute atomic E-state index is 11.6. The average molecular weight is 292 g/mol. The molecular weight excluding hydrogens is 282 g/mol. The molecule has 0 atom stereocenters. The molecular formula is C12H10BrN3O. The second-order valence-electron chi connectivity index (χ2n) is 3.83. The SMILES string of the molecule is N#C/C(=N/Nc1ccc(Br)cc1)C(=O)C1CC1. The van der Waals surface area contributed by atoms with Crippen LogP contribution in [-0.4, -0.2) is 11.5 Å². The van der Waals surface area contributed by atoms with Gasteiger partial charge in [-0.25, -0.2) is 0 Å². The normalized spacial score (nSPS) is 15.2. The molecule has 1 aromatic rings. The average Bonchev–Trinajstić information content (AvgIpc) is 3.16. The highest BCUT2D eigenvalue weighted by atomic mass is 79.9. The molecule has 1 N–H and O–H groups in total. The number of rotatable bonds is 4. The van der Waals surface area contributed by atoms with Gasteiger partial charge in [-0.1, -0.05) is 15.9 Å². The fourth-order valence-corrected chi connectivity index (χ4v) is 1.58. The number of nitrogens with zero attached hydrogens (tertiary/aromatic N) is 2. The third-order valence-corrected chi connectivity index (χ3v) is 2.96. The number of nitriles is 1. The van der Waals surface area contributed by atoms with Crippen molar-refractivity contribution in [2.75, 3.05) is 5.43 Å². The third kappa shape index (κ3) is 3.14. The molecule has 1 saturated carbocycles. The monoisotopic (exact) mass is 291 g/mol. The largest absolute Gasteiger partial charge is 0.291 e. The minimum absolute atomic E-state index is 0.0140. The van der Waals surface area contributed by atoms with E-state index >= 15 is 0 Å². The number of hydrogen-bond acceptors (Lipinski definition) is 4. The first kappa shape index (κ1) is 11.8. The van der Waals surface area contributed by atoms with Crippen LogP contribution in [0.25, 0.3) is 0 Å². The van der Waals surface area contributed by atoms with Gasteiger partial charge in [-0.3, -0.25) is 10.2 Å². The van der Waals surface area contributed by atoms with Gasteiger partial charge in [0.25, 0.3) is 0 Å². The number of ketones is 1. The fraction of sp³-hybridized carbons (Fsp3) is 0.250. The van der Waals surface area contributed by atoms with E-state index in [9.17, 15) is 4.79 Å². The van der Waals surface area contributed by atoms with Crippen molar-refractivity contribution in [3.8, 4) is 6.07 Å². The smallest absolute Gasteiger partial charge is 0.203 e. The van der Waals surface area contributed by atoms with E-state index in [2.05, 4.69) is 26.5 Å². The predicted octanol–water partition coefficient (Wildman–Crippen LogP) is 2.72. The molecule has 2 rings (SSSR count). The molecule has 0 saturated heterocycles. The van der Waals surface area contributed by atoms with E-state index in [1.165, 1.54) is 0 Å². The van der Waals surface area contributed by atoms with Crippen molar-refractivity contribution in [3.63, 3.8) is 0 Å². The molecule has 1 fully saturated rings. The van der Waals surface area contributed by atoms with Crippen LogP contribution in [0.4, 0.5) is 5.69 Å². The molecule has 1 aliphatic carbocycles. The Bertz CT molecular complexity index is 497. The van der Waals surface area contributed by atoms with Crippen molar-refractivity contribution < 1.29 is 4.79 Å². The summed E-state index contributed by atoms with van der Waals surface area (Å²) in [6.07, 6.45) is 1.75. The lowest BCUT2D eigenvalue weighted by atomic mass is 10.2. The van der Waals surface area contributed by atoms with Crippen LogP contribution in [0.1, 0.15) is 12.8 Å². The molecule has 0 aromatic heterocycles. The van der Waals surface area contributed by atoms with Crippen molar-refractivity contribution in [3.05, 3.63) is 28.7 Å². The summed E-state index contributed by atoms with van der Waals surface area (Å²) in [4.78, 5) is 11.6. The Labute approximate surface area is 107 Å². The Balaban J connectivity index is 2.05. The van der Waals surface area contributed by atoms with Gasteiger partial charge >= 0.3 is 0 Å². The van der Waals surface area contributed by atoms with Crippen molar-refractivity contribution in [2.24, 2.45) is 11.0 Å². The summed E-state index contributed by atoms with van der Waals surface area (Å²) in [5.74, 6) is -0.141. The Morgan fingerprint density at radius 1 is 1.41 bits per heavy atom. The highest BCUT2D eigenvalue weighted by molar-refractivity contribution is 9.10. The molecule has 5 heteroatoms. The van der Waals surface area contributed by atoms with Gasteiger partial charge in [-0.05, 0) is 37.1 Å². The van der Waals surface area contributed by atoms with Crippen LogP contribution in [0.5, 0.6) is 0 Å². The Morgan fingerprint density at radius 2 is 2.06 bits per heavy atom. The van der Waals surface area contributed by atoms with Gasteiger partial charge in [0.15, 0.2) is 5.78 Å². The number of hydrazone groups is 1. The number of Topliss-reactive ketones (excluding diaryl/α,β-unsaturated/α-hetero) is 1. The lowest BCUT2D eigenvalue weighted by Crippen LogP contribution is -2.15. The summed E-state index contributed by atoms with van der Waals surface area (Å²) in [6, 6.07) is 9.16. The summed E-state index contributed by atoms with van der Waals surface area (Å²) in [6.45, 7) is 0. The molecule has 1 aromatic carbocycles. The van der Waals surface area contributed by atoms with E-state index in [0.717, 1.165) is 23.0 Å². The molecule has 0 bridgehead atoms. The second kappa shape index (κ2) is 5.11. The van der Waals surface area contributed by atoms with E-state index in [1.54, 1.807) is 0 Å². The van der Waals surface area contributed by atoms with E-state index < -0.39 is 0 Å². The van der Waals surface area contributed by atoms with Gasteiger partial charge in [0, 0.05) is 10.4 Å². The fourth-order valence-electron chi connectivity index (χ4n) is 1.32. The first-order valence-electron chi connectivity index (χ1n) is 5.24. The molecule has 1 aliphatic rings. The number of halogens is 1. The highest BCUT2D eigenvalue weighted by Gasteiger charge is 2.32. The van der Waals surface area contributed by atoms with Gasteiger partial charge in [-0.15, -0.1) is 0 Å². The van der Waals surface area contributed by atoms with Crippen LogP contribution in [0.3, 0.4) is 0 Å². The summed E-state index contributed by atoms with van der Waals surface area (Å²) in [7, 11) is 0. The van der Waals surface area contributed by atoms with Crippen molar-refractivity contribution in [2.45, 2.75) is 12.8 Å². The zero-order valence-electron chi connectivity index (χ0n) is 8.98. The van der Waals surface area contributed by atoms with Crippen LogP contribution in [0, 0.1) is 17.2 Å². The zero-order valence-corrected chi connectivity index (χ0v) is 10.6. The zero-order chi connectivity index (χ0) is 12.3. The van der Waals surface area contributed by atoms with Gasteiger partial charge in [-0.2, -0.15) is 10.4 Å². The van der Waals surface area contributed by atoms with Gasteiger partial charge in [0.05, 0.1) is 5.69 Å². The first-order valence-corrected chi connectivity index (χ1v) is 6.03. The maximum atomic E-state index is 11.6. The molecule has 0 unspecified atom stereocenters. The predicted molar refractivity (Wildman–Crippen MR) is 68.5 cm³/mol. The van der Waals surface area contributed by atoms with E-state index in [4.69, 9.17) is 5.26 Å². The van der Waals surface area contributed by atoms with Gasteiger partial charge in [0.2, 0.25) is 5.71 Å². The van der Waals surface area contributed by atoms with Gasteiger partial charge in [0.1, 0.15) is 6.07 Å². The number of hydrogen-bond donors (Lipinski definition) is 1. The van der Waals surface area contributed by atoms with Crippen LogP contribution >= 0.6 is 15.9 Å². The summed E-state index contributed by atoms with van der Waals surface area (Å²) < 4.78 is 0.960. The Hall–Kier alpha value is -1.67. The number of carbonyl (C=O) groups is 1. The van der Waals surface area contributed by atoms with Crippen molar-refractivity contribution >= 4 is 33.1 Å². The number of nitrogens with one attached hydrogen (secondary N) is 1. The van der Waals surface area contributed by atoms with E-state index in [-0.39, 0.29) is 17.4 Å². The number of anilines is 1. The van der Waals surface area contributed by atoms with Gasteiger partial charge < -0.3 is 0 Å². The molecule has 0 spiro atoms. The molecule has 0 heterocycles.